The second-order valence-electron chi connectivity index (χ2n) is 4.28. The highest BCUT2D eigenvalue weighted by Gasteiger charge is 2.14. The average molecular weight is 316 g/mol. The third-order valence-electron chi connectivity index (χ3n) is 2.84. The first-order valence-electron chi connectivity index (χ1n) is 6.21. The van der Waals surface area contributed by atoms with Crippen LogP contribution in [0.4, 0.5) is 10.8 Å². The Morgan fingerprint density at radius 1 is 1.27 bits per heavy atom. The predicted molar refractivity (Wildman–Crippen MR) is 79.3 cm³/mol. The third-order valence-corrected chi connectivity index (χ3v) is 3.81. The summed E-state index contributed by atoms with van der Waals surface area (Å²) in [6.45, 7) is 0. The first-order chi connectivity index (χ1) is 10.6. The number of nitrogens with zero attached hydrogens (tertiary/aromatic N) is 2. The van der Waals surface area contributed by atoms with Gasteiger partial charge in [-0.2, -0.15) is 0 Å². The van der Waals surface area contributed by atoms with Crippen molar-refractivity contribution in [2.75, 3.05) is 5.32 Å². The fraction of sp³-hybridized carbons (Fsp3) is 0. The summed E-state index contributed by atoms with van der Waals surface area (Å²) in [7, 11) is 0. The first-order valence-corrected chi connectivity index (χ1v) is 7.02. The van der Waals surface area contributed by atoms with Crippen molar-refractivity contribution in [1.82, 2.24) is 4.98 Å². The zero-order valence-electron chi connectivity index (χ0n) is 11.1. The molecule has 110 valence electrons. The molecule has 2 heterocycles. The largest absolute Gasteiger partial charge is 0.459 e. The smallest absolute Gasteiger partial charge is 0.316 e. The number of thiazole rings is 1. The standard InChI is InChI=1S/C14H9N3O4S/c18-13(11-2-1-7-21-11)16-14-15-8-12(22-14)9-3-5-10(6-4-9)17(19)20/h1-8H,(H-,15,16,18,19,20)/p+1. The van der Waals surface area contributed by atoms with Crippen molar-refractivity contribution >= 4 is 28.1 Å². The topological polar surface area (TPSA) is 95.4 Å². The Morgan fingerprint density at radius 3 is 2.68 bits per heavy atom. The van der Waals surface area contributed by atoms with E-state index in [2.05, 4.69) is 10.3 Å². The number of nitrogens with one attached hydrogen (secondary N) is 1. The van der Waals surface area contributed by atoms with Gasteiger partial charge in [0, 0.05) is 18.3 Å². The normalized spacial score (nSPS) is 10.4. The van der Waals surface area contributed by atoms with E-state index in [4.69, 9.17) is 9.62 Å². The van der Waals surface area contributed by atoms with Gasteiger partial charge in [-0.05, 0) is 29.8 Å². The molecule has 0 atom stereocenters. The lowest BCUT2D eigenvalue weighted by molar-refractivity contribution is -0.729. The van der Waals surface area contributed by atoms with E-state index in [1.165, 1.54) is 29.7 Å². The maximum absolute atomic E-state index is 11.8. The SMILES string of the molecule is O=C(Nc1ncc(-c2ccc([N+](=O)O)cc2)s1)c1ccco1. The number of aromatic nitrogens is 1. The van der Waals surface area contributed by atoms with Crippen molar-refractivity contribution < 1.29 is 19.3 Å². The van der Waals surface area contributed by atoms with Gasteiger partial charge in [0.15, 0.2) is 10.9 Å². The number of anilines is 1. The van der Waals surface area contributed by atoms with Crippen LogP contribution in [0.3, 0.4) is 0 Å². The van der Waals surface area contributed by atoms with Gasteiger partial charge >= 0.3 is 5.69 Å². The van der Waals surface area contributed by atoms with Crippen LogP contribution < -0.4 is 5.32 Å². The van der Waals surface area contributed by atoms with Crippen LogP contribution in [0, 0.1) is 4.91 Å². The lowest BCUT2D eigenvalue weighted by Gasteiger charge is -1.97. The average Bonchev–Trinajstić information content (AvgIpc) is 3.19. The molecule has 0 spiro atoms. The van der Waals surface area contributed by atoms with Gasteiger partial charge in [0.25, 0.3) is 10.8 Å². The number of benzene rings is 1. The molecule has 0 saturated heterocycles. The molecular weight excluding hydrogens is 306 g/mol. The Balaban J connectivity index is 1.76. The molecule has 0 aliphatic carbocycles. The van der Waals surface area contributed by atoms with Gasteiger partial charge in [-0.3, -0.25) is 10.1 Å². The zero-order chi connectivity index (χ0) is 15.5. The van der Waals surface area contributed by atoms with Crippen molar-refractivity contribution in [3.05, 3.63) is 59.5 Å². The van der Waals surface area contributed by atoms with Crippen molar-refractivity contribution in [2.45, 2.75) is 0 Å². The van der Waals surface area contributed by atoms with E-state index in [1.54, 1.807) is 30.5 Å². The predicted octanol–water partition coefficient (Wildman–Crippen LogP) is 3.46. The molecule has 2 aromatic heterocycles. The maximum Gasteiger partial charge on any atom is 0.316 e. The van der Waals surface area contributed by atoms with E-state index in [-0.39, 0.29) is 22.3 Å². The van der Waals surface area contributed by atoms with E-state index in [0.717, 1.165) is 10.4 Å². The highest BCUT2D eigenvalue weighted by atomic mass is 32.1. The maximum atomic E-state index is 11.8. The van der Waals surface area contributed by atoms with Crippen LogP contribution in [-0.4, -0.2) is 21.0 Å². The lowest BCUT2D eigenvalue weighted by Crippen LogP contribution is -2.10. The summed E-state index contributed by atoms with van der Waals surface area (Å²) in [5.74, 6) is -0.164. The highest BCUT2D eigenvalue weighted by Crippen LogP contribution is 2.30. The minimum Gasteiger partial charge on any atom is -0.459 e. The van der Waals surface area contributed by atoms with Crippen LogP contribution in [0.25, 0.3) is 10.4 Å². The first kappa shape index (κ1) is 14.0. The number of amides is 1. The number of furan rings is 1. The monoisotopic (exact) mass is 316 g/mol. The minimum absolute atomic E-state index is 0.139. The van der Waals surface area contributed by atoms with Crippen molar-refractivity contribution in [1.29, 1.82) is 0 Å². The highest BCUT2D eigenvalue weighted by molar-refractivity contribution is 7.19. The summed E-state index contributed by atoms with van der Waals surface area (Å²) in [6, 6.07) is 9.53. The van der Waals surface area contributed by atoms with Gasteiger partial charge < -0.3 is 4.42 Å². The molecule has 2 N–H and O–H groups in total. The Hall–Kier alpha value is -3.00. The Bertz CT molecular complexity index is 809. The lowest BCUT2D eigenvalue weighted by atomic mass is 10.2. The van der Waals surface area contributed by atoms with Gasteiger partial charge in [-0.15, -0.1) is 0 Å². The molecule has 0 unspecified atom stereocenters. The van der Waals surface area contributed by atoms with Crippen LogP contribution in [0.15, 0.2) is 53.3 Å². The molecule has 0 fully saturated rings. The van der Waals surface area contributed by atoms with Gasteiger partial charge in [0.05, 0.1) is 16.0 Å². The molecule has 3 rings (SSSR count). The molecule has 0 saturated carbocycles. The molecule has 1 aromatic carbocycles. The zero-order valence-corrected chi connectivity index (χ0v) is 11.9. The fourth-order valence-electron chi connectivity index (χ4n) is 1.79. The quantitative estimate of drug-likeness (QED) is 0.719. The second-order valence-corrected chi connectivity index (χ2v) is 5.31. The Labute approximate surface area is 128 Å². The molecule has 1 amide bonds. The Morgan fingerprint density at radius 2 is 2.05 bits per heavy atom. The van der Waals surface area contributed by atoms with Crippen molar-refractivity contribution in [3.63, 3.8) is 0 Å². The van der Waals surface area contributed by atoms with Crippen LogP contribution in [0.5, 0.6) is 0 Å². The van der Waals surface area contributed by atoms with Crippen molar-refractivity contribution in [2.24, 2.45) is 0 Å². The number of carbonyl (C=O) groups is 1. The minimum atomic E-state index is -0.372. The summed E-state index contributed by atoms with van der Waals surface area (Å²) >= 11 is 1.29. The van der Waals surface area contributed by atoms with E-state index in [1.807, 2.05) is 0 Å². The van der Waals surface area contributed by atoms with Crippen LogP contribution in [0.2, 0.25) is 0 Å². The molecule has 0 radical (unpaired) electrons. The fourth-order valence-corrected chi connectivity index (χ4v) is 2.60. The summed E-state index contributed by atoms with van der Waals surface area (Å²) in [6.07, 6.45) is 3.04. The molecule has 8 heteroatoms. The van der Waals surface area contributed by atoms with Crippen molar-refractivity contribution in [3.8, 4) is 10.4 Å². The molecule has 0 bridgehead atoms. The number of hydrogen-bond acceptors (Lipinski definition) is 5. The number of hydrogen-bond donors (Lipinski definition) is 2. The van der Waals surface area contributed by atoms with E-state index in [0.29, 0.717) is 5.13 Å². The van der Waals surface area contributed by atoms with Gasteiger partial charge in [0.2, 0.25) is 0 Å². The van der Waals surface area contributed by atoms with E-state index in [9.17, 15) is 9.70 Å². The molecule has 22 heavy (non-hydrogen) atoms. The number of rotatable bonds is 4. The molecular formula is C14H10N3O4S+. The molecule has 3 aromatic rings. The summed E-state index contributed by atoms with van der Waals surface area (Å²) in [5, 5.41) is 11.9. The van der Waals surface area contributed by atoms with Gasteiger partial charge in [-0.1, -0.05) is 11.3 Å². The molecule has 0 aliphatic heterocycles. The van der Waals surface area contributed by atoms with E-state index >= 15 is 0 Å². The Kier molecular flexibility index (Phi) is 3.67. The summed E-state index contributed by atoms with van der Waals surface area (Å²) < 4.78 is 5.00. The summed E-state index contributed by atoms with van der Waals surface area (Å²) in [5.41, 5.74) is 0.959. The van der Waals surface area contributed by atoms with Crippen LogP contribution >= 0.6 is 11.3 Å². The van der Waals surface area contributed by atoms with Crippen LogP contribution in [-0.2, 0) is 0 Å². The second kappa shape index (κ2) is 5.78. The van der Waals surface area contributed by atoms with Crippen LogP contribution in [0.1, 0.15) is 10.6 Å². The summed E-state index contributed by atoms with van der Waals surface area (Å²) in [4.78, 5) is 27.3. The number of carbonyl (C=O) groups excluding carboxylic acids is 1. The molecule has 7 nitrogen and oxygen atoms in total. The molecule has 0 aliphatic rings. The van der Waals surface area contributed by atoms with E-state index < -0.39 is 0 Å². The third kappa shape index (κ3) is 2.86. The van der Waals surface area contributed by atoms with Gasteiger partial charge in [0.1, 0.15) is 0 Å². The van der Waals surface area contributed by atoms with Gasteiger partial charge in [-0.25, -0.2) is 10.2 Å².